The Morgan fingerprint density at radius 2 is 2.38 bits per heavy atom. The highest BCUT2D eigenvalue weighted by molar-refractivity contribution is 5.14. The van der Waals surface area contributed by atoms with E-state index in [0.717, 1.165) is 6.42 Å². The molecule has 0 heteroatoms. The van der Waals surface area contributed by atoms with Crippen molar-refractivity contribution in [3.8, 4) is 0 Å². The third kappa shape index (κ3) is 1.09. The van der Waals surface area contributed by atoms with Crippen LogP contribution in [-0.4, -0.2) is 0 Å². The highest BCUT2D eigenvalue weighted by Gasteiger charge is 1.96. The standard InChI is InChI=1S/C8H10/c1-2-8-6-4-3-5-7-8/h2-6,8H,1,7H2. The quantitative estimate of drug-likeness (QED) is 0.450. The van der Waals surface area contributed by atoms with E-state index in [1.807, 2.05) is 6.08 Å². The minimum Gasteiger partial charge on any atom is -0.102 e. The molecule has 1 aliphatic carbocycles. The van der Waals surface area contributed by atoms with Crippen LogP contribution in [0.5, 0.6) is 0 Å². The molecule has 0 radical (unpaired) electrons. The van der Waals surface area contributed by atoms with Crippen molar-refractivity contribution in [3.63, 3.8) is 0 Å². The summed E-state index contributed by atoms with van der Waals surface area (Å²) in [6, 6.07) is 0. The van der Waals surface area contributed by atoms with E-state index in [9.17, 15) is 0 Å². The average Bonchev–Trinajstić information content (AvgIpc) is 1.90. The number of rotatable bonds is 1. The molecule has 0 nitrogen and oxygen atoms in total. The highest BCUT2D eigenvalue weighted by atomic mass is 14.0. The summed E-state index contributed by atoms with van der Waals surface area (Å²) in [4.78, 5) is 0. The van der Waals surface area contributed by atoms with Crippen LogP contribution in [0.25, 0.3) is 0 Å². The molecule has 1 aliphatic rings. The fourth-order valence-corrected chi connectivity index (χ4v) is 0.774. The summed E-state index contributed by atoms with van der Waals surface area (Å²) < 4.78 is 0. The first-order valence-corrected chi connectivity index (χ1v) is 2.89. The molecule has 0 aliphatic heterocycles. The minimum atomic E-state index is 0.583. The maximum absolute atomic E-state index is 3.70. The van der Waals surface area contributed by atoms with Gasteiger partial charge in [0.05, 0.1) is 0 Å². The van der Waals surface area contributed by atoms with Gasteiger partial charge < -0.3 is 0 Å². The third-order valence-electron chi connectivity index (χ3n) is 1.32. The van der Waals surface area contributed by atoms with Crippen molar-refractivity contribution in [1.29, 1.82) is 0 Å². The zero-order valence-corrected chi connectivity index (χ0v) is 4.88. The highest BCUT2D eigenvalue weighted by Crippen LogP contribution is 2.10. The van der Waals surface area contributed by atoms with E-state index in [2.05, 4.69) is 30.9 Å². The lowest BCUT2D eigenvalue weighted by atomic mass is 10.0. The lowest BCUT2D eigenvalue weighted by Crippen LogP contribution is -1.89. The minimum absolute atomic E-state index is 0.583. The maximum atomic E-state index is 3.70. The summed E-state index contributed by atoms with van der Waals surface area (Å²) in [6.45, 7) is 3.70. The molecule has 8 heavy (non-hydrogen) atoms. The summed E-state index contributed by atoms with van der Waals surface area (Å²) in [6.07, 6.45) is 11.6. The van der Waals surface area contributed by atoms with Crippen molar-refractivity contribution in [2.24, 2.45) is 5.92 Å². The fourth-order valence-electron chi connectivity index (χ4n) is 0.774. The van der Waals surface area contributed by atoms with Gasteiger partial charge in [-0.15, -0.1) is 6.58 Å². The lowest BCUT2D eigenvalue weighted by Gasteiger charge is -2.04. The van der Waals surface area contributed by atoms with E-state index in [1.165, 1.54) is 0 Å². The smallest absolute Gasteiger partial charge is 0.00184 e. The largest absolute Gasteiger partial charge is 0.102 e. The van der Waals surface area contributed by atoms with Crippen molar-refractivity contribution >= 4 is 0 Å². The Bertz CT molecular complexity index is 129. The van der Waals surface area contributed by atoms with E-state index < -0.39 is 0 Å². The Morgan fingerprint density at radius 1 is 1.50 bits per heavy atom. The molecule has 0 aromatic rings. The molecule has 0 heterocycles. The number of allylic oxidation sites excluding steroid dienone is 5. The van der Waals surface area contributed by atoms with Crippen molar-refractivity contribution in [1.82, 2.24) is 0 Å². The number of hydrogen-bond acceptors (Lipinski definition) is 0. The molecule has 0 fully saturated rings. The molecule has 0 aromatic carbocycles. The van der Waals surface area contributed by atoms with Gasteiger partial charge in [0, 0.05) is 0 Å². The van der Waals surface area contributed by atoms with Crippen LogP contribution in [0, 0.1) is 5.92 Å². The van der Waals surface area contributed by atoms with Gasteiger partial charge in [-0.2, -0.15) is 0 Å². The average molecular weight is 106 g/mol. The Balaban J connectivity index is 2.51. The summed E-state index contributed by atoms with van der Waals surface area (Å²) in [7, 11) is 0. The molecule has 1 rings (SSSR count). The molecule has 1 atom stereocenters. The van der Waals surface area contributed by atoms with E-state index in [-0.39, 0.29) is 0 Å². The van der Waals surface area contributed by atoms with Gasteiger partial charge in [-0.25, -0.2) is 0 Å². The van der Waals surface area contributed by atoms with Gasteiger partial charge in [0.1, 0.15) is 0 Å². The van der Waals surface area contributed by atoms with E-state index in [4.69, 9.17) is 0 Å². The van der Waals surface area contributed by atoms with Crippen molar-refractivity contribution in [3.05, 3.63) is 37.0 Å². The molecule has 0 saturated carbocycles. The van der Waals surface area contributed by atoms with Gasteiger partial charge in [0.2, 0.25) is 0 Å². The van der Waals surface area contributed by atoms with Crippen molar-refractivity contribution in [2.45, 2.75) is 6.42 Å². The second-order valence-electron chi connectivity index (χ2n) is 1.95. The molecule has 0 bridgehead atoms. The van der Waals surface area contributed by atoms with Gasteiger partial charge in [-0.05, 0) is 12.3 Å². The van der Waals surface area contributed by atoms with Gasteiger partial charge in [-0.3, -0.25) is 0 Å². The molecule has 0 aromatic heterocycles. The molecular weight excluding hydrogens is 96.1 g/mol. The second-order valence-corrected chi connectivity index (χ2v) is 1.95. The van der Waals surface area contributed by atoms with Gasteiger partial charge >= 0.3 is 0 Å². The predicted octanol–water partition coefficient (Wildman–Crippen LogP) is 2.30. The van der Waals surface area contributed by atoms with Gasteiger partial charge in [0.25, 0.3) is 0 Å². The molecule has 0 N–H and O–H groups in total. The molecular formula is C8H10. The van der Waals surface area contributed by atoms with Crippen molar-refractivity contribution < 1.29 is 0 Å². The van der Waals surface area contributed by atoms with Crippen LogP contribution in [0.4, 0.5) is 0 Å². The zero-order chi connectivity index (χ0) is 5.82. The SMILES string of the molecule is C=CC1C=CC=CC1. The molecule has 1 unspecified atom stereocenters. The topological polar surface area (TPSA) is 0 Å². The van der Waals surface area contributed by atoms with E-state index in [0.29, 0.717) is 5.92 Å². The Morgan fingerprint density at radius 3 is 2.75 bits per heavy atom. The summed E-state index contributed by atoms with van der Waals surface area (Å²) in [5.41, 5.74) is 0. The first-order chi connectivity index (χ1) is 3.93. The fraction of sp³-hybridized carbons (Fsp3) is 0.250. The van der Waals surface area contributed by atoms with Crippen LogP contribution in [-0.2, 0) is 0 Å². The predicted molar refractivity (Wildman–Crippen MR) is 36.6 cm³/mol. The van der Waals surface area contributed by atoms with Crippen molar-refractivity contribution in [2.75, 3.05) is 0 Å². The van der Waals surface area contributed by atoms with Crippen LogP contribution >= 0.6 is 0 Å². The van der Waals surface area contributed by atoms with Crippen LogP contribution < -0.4 is 0 Å². The molecule has 42 valence electrons. The maximum Gasteiger partial charge on any atom is -0.00184 e. The Hall–Kier alpha value is -0.780. The molecule has 0 spiro atoms. The second kappa shape index (κ2) is 2.51. The summed E-state index contributed by atoms with van der Waals surface area (Å²) >= 11 is 0. The zero-order valence-electron chi connectivity index (χ0n) is 4.88. The molecule has 0 amide bonds. The first kappa shape index (κ1) is 5.36. The van der Waals surface area contributed by atoms with Gasteiger partial charge in [-0.1, -0.05) is 30.4 Å². The van der Waals surface area contributed by atoms with Gasteiger partial charge in [0.15, 0.2) is 0 Å². The third-order valence-corrected chi connectivity index (χ3v) is 1.32. The van der Waals surface area contributed by atoms with Crippen LogP contribution in [0.1, 0.15) is 6.42 Å². The lowest BCUT2D eigenvalue weighted by molar-refractivity contribution is 0.825. The van der Waals surface area contributed by atoms with Crippen LogP contribution in [0.3, 0.4) is 0 Å². The van der Waals surface area contributed by atoms with E-state index >= 15 is 0 Å². The Kier molecular flexibility index (Phi) is 1.68. The van der Waals surface area contributed by atoms with Crippen LogP contribution in [0.2, 0.25) is 0 Å². The number of hydrogen-bond donors (Lipinski definition) is 0. The summed E-state index contributed by atoms with van der Waals surface area (Å²) in [5.74, 6) is 0.583. The Labute approximate surface area is 50.2 Å². The monoisotopic (exact) mass is 106 g/mol. The van der Waals surface area contributed by atoms with Crippen LogP contribution in [0.15, 0.2) is 37.0 Å². The first-order valence-electron chi connectivity index (χ1n) is 2.89. The van der Waals surface area contributed by atoms with E-state index in [1.54, 1.807) is 0 Å². The normalized spacial score (nSPS) is 25.8. The molecule has 0 saturated heterocycles. The summed E-state index contributed by atoms with van der Waals surface area (Å²) in [5, 5.41) is 0.